The third kappa shape index (κ3) is 3.03. The van der Waals surface area contributed by atoms with Crippen LogP contribution in [0.15, 0.2) is 24.3 Å². The van der Waals surface area contributed by atoms with Crippen LogP contribution in [-0.2, 0) is 13.5 Å². The van der Waals surface area contributed by atoms with Crippen LogP contribution in [0.3, 0.4) is 0 Å². The molecule has 0 aliphatic rings. The predicted octanol–water partition coefficient (Wildman–Crippen LogP) is 4.16. The Hall–Kier alpha value is -1.77. The summed E-state index contributed by atoms with van der Waals surface area (Å²) in [6.45, 7) is 8.60. The molecule has 0 fully saturated rings. The van der Waals surface area contributed by atoms with Gasteiger partial charge in [-0.25, -0.2) is 0 Å². The molecular weight excluding hydrogens is 246 g/mol. The van der Waals surface area contributed by atoms with Crippen molar-refractivity contribution >= 4 is 5.69 Å². The average Bonchev–Trinajstić information content (AvgIpc) is 2.66. The van der Waals surface area contributed by atoms with Crippen LogP contribution in [0.2, 0.25) is 0 Å². The van der Waals surface area contributed by atoms with Gasteiger partial charge in [0.1, 0.15) is 0 Å². The van der Waals surface area contributed by atoms with Crippen molar-refractivity contribution in [3.8, 4) is 0 Å². The monoisotopic (exact) mass is 271 g/mol. The molecule has 1 aromatic carbocycles. The Bertz CT molecular complexity index is 567. The van der Waals surface area contributed by atoms with Crippen LogP contribution in [0.25, 0.3) is 0 Å². The molecule has 2 aromatic rings. The van der Waals surface area contributed by atoms with E-state index >= 15 is 0 Å². The second-order valence-corrected chi connectivity index (χ2v) is 5.52. The molecule has 0 amide bonds. The number of hydrogen-bond donors (Lipinski definition) is 1. The van der Waals surface area contributed by atoms with Gasteiger partial charge in [0.25, 0.3) is 0 Å². The van der Waals surface area contributed by atoms with E-state index in [0.29, 0.717) is 0 Å². The molecule has 0 radical (unpaired) electrons. The second-order valence-electron chi connectivity index (χ2n) is 5.52. The number of benzene rings is 1. The van der Waals surface area contributed by atoms with Gasteiger partial charge in [0.15, 0.2) is 0 Å². The van der Waals surface area contributed by atoms with Gasteiger partial charge in [0, 0.05) is 24.0 Å². The first-order valence-corrected chi connectivity index (χ1v) is 7.38. The van der Waals surface area contributed by atoms with Crippen molar-refractivity contribution in [3.63, 3.8) is 0 Å². The zero-order valence-corrected chi connectivity index (χ0v) is 13.2. The predicted molar refractivity (Wildman–Crippen MR) is 85.2 cm³/mol. The summed E-state index contributed by atoms with van der Waals surface area (Å²) in [4.78, 5) is 0. The number of nitrogens with zero attached hydrogens (tertiary/aromatic N) is 2. The summed E-state index contributed by atoms with van der Waals surface area (Å²) in [5.74, 6) is 0. The molecule has 3 nitrogen and oxygen atoms in total. The number of rotatable bonds is 5. The van der Waals surface area contributed by atoms with Crippen molar-refractivity contribution in [2.24, 2.45) is 7.05 Å². The third-order valence-corrected chi connectivity index (χ3v) is 3.87. The minimum Gasteiger partial charge on any atom is -0.378 e. The summed E-state index contributed by atoms with van der Waals surface area (Å²) in [6.07, 6.45) is 2.34. The van der Waals surface area contributed by atoms with Gasteiger partial charge in [-0.1, -0.05) is 25.5 Å². The molecule has 0 saturated carbocycles. The topological polar surface area (TPSA) is 29.9 Å². The molecule has 0 bridgehead atoms. The molecule has 0 saturated heterocycles. The van der Waals surface area contributed by atoms with Gasteiger partial charge in [-0.15, -0.1) is 0 Å². The molecule has 108 valence electrons. The number of anilines is 1. The van der Waals surface area contributed by atoms with E-state index < -0.39 is 0 Å². The maximum atomic E-state index is 4.49. The van der Waals surface area contributed by atoms with Crippen molar-refractivity contribution in [3.05, 3.63) is 46.8 Å². The first-order valence-electron chi connectivity index (χ1n) is 7.38. The Morgan fingerprint density at radius 3 is 2.35 bits per heavy atom. The fourth-order valence-electron chi connectivity index (χ4n) is 2.80. The minimum absolute atomic E-state index is 0.265. The Kier molecular flexibility index (Phi) is 4.48. The highest BCUT2D eigenvalue weighted by Crippen LogP contribution is 2.24. The van der Waals surface area contributed by atoms with Crippen LogP contribution in [0, 0.1) is 13.8 Å². The van der Waals surface area contributed by atoms with E-state index in [1.54, 1.807) is 0 Å². The highest BCUT2D eigenvalue weighted by molar-refractivity contribution is 5.47. The quantitative estimate of drug-likeness (QED) is 0.884. The Balaban J connectivity index is 2.12. The van der Waals surface area contributed by atoms with Gasteiger partial charge in [0.05, 0.1) is 11.7 Å². The molecule has 0 spiro atoms. The normalized spacial score (nSPS) is 12.4. The van der Waals surface area contributed by atoms with Crippen LogP contribution < -0.4 is 5.32 Å². The Labute approximate surface area is 122 Å². The van der Waals surface area contributed by atoms with Gasteiger partial charge in [-0.05, 0) is 44.9 Å². The minimum atomic E-state index is 0.265. The van der Waals surface area contributed by atoms with Gasteiger partial charge in [-0.3, -0.25) is 4.68 Å². The SMILES string of the molecule is CCCc1ccc(NC(C)c2c(C)nn(C)c2C)cc1. The third-order valence-electron chi connectivity index (χ3n) is 3.87. The first-order chi connectivity index (χ1) is 9.52. The zero-order valence-electron chi connectivity index (χ0n) is 13.2. The smallest absolute Gasteiger partial charge is 0.0649 e. The van der Waals surface area contributed by atoms with Crippen LogP contribution >= 0.6 is 0 Å². The average molecular weight is 271 g/mol. The number of aryl methyl sites for hydroxylation is 3. The van der Waals surface area contributed by atoms with Crippen LogP contribution in [0.5, 0.6) is 0 Å². The first kappa shape index (κ1) is 14.6. The van der Waals surface area contributed by atoms with Crippen molar-refractivity contribution in [2.45, 2.75) is 46.6 Å². The van der Waals surface area contributed by atoms with Gasteiger partial charge < -0.3 is 5.32 Å². The molecule has 1 N–H and O–H groups in total. The van der Waals surface area contributed by atoms with Crippen LogP contribution in [-0.4, -0.2) is 9.78 Å². The summed E-state index contributed by atoms with van der Waals surface area (Å²) in [6, 6.07) is 9.02. The van der Waals surface area contributed by atoms with Gasteiger partial charge in [0.2, 0.25) is 0 Å². The molecule has 3 heteroatoms. The molecule has 2 rings (SSSR count). The van der Waals surface area contributed by atoms with E-state index in [1.807, 2.05) is 11.7 Å². The van der Waals surface area contributed by atoms with Crippen molar-refractivity contribution in [1.82, 2.24) is 9.78 Å². The molecule has 1 aromatic heterocycles. The summed E-state index contributed by atoms with van der Waals surface area (Å²) in [5, 5.41) is 8.06. The maximum Gasteiger partial charge on any atom is 0.0649 e. The lowest BCUT2D eigenvalue weighted by Crippen LogP contribution is -2.09. The molecule has 0 aliphatic carbocycles. The van der Waals surface area contributed by atoms with E-state index in [0.717, 1.165) is 12.1 Å². The summed E-state index contributed by atoms with van der Waals surface area (Å²) < 4.78 is 1.95. The molecule has 1 atom stereocenters. The largest absolute Gasteiger partial charge is 0.378 e. The number of aromatic nitrogens is 2. The number of hydrogen-bond acceptors (Lipinski definition) is 2. The standard InChI is InChI=1S/C17H25N3/c1-6-7-15-8-10-16(11-9-15)18-12(2)17-13(3)19-20(5)14(17)4/h8-12,18H,6-7H2,1-5H3. The lowest BCUT2D eigenvalue weighted by atomic mass is 10.1. The molecular formula is C17H25N3. The fourth-order valence-corrected chi connectivity index (χ4v) is 2.80. The van der Waals surface area contributed by atoms with Crippen molar-refractivity contribution in [2.75, 3.05) is 5.32 Å². The summed E-state index contributed by atoms with van der Waals surface area (Å²) in [7, 11) is 2.00. The lowest BCUT2D eigenvalue weighted by Gasteiger charge is -2.16. The van der Waals surface area contributed by atoms with Gasteiger partial charge in [-0.2, -0.15) is 5.10 Å². The zero-order chi connectivity index (χ0) is 14.7. The fraction of sp³-hybridized carbons (Fsp3) is 0.471. The van der Waals surface area contributed by atoms with E-state index in [4.69, 9.17) is 0 Å². The molecule has 20 heavy (non-hydrogen) atoms. The Morgan fingerprint density at radius 2 is 1.85 bits per heavy atom. The highest BCUT2D eigenvalue weighted by Gasteiger charge is 2.15. The second kappa shape index (κ2) is 6.12. The molecule has 1 heterocycles. The van der Waals surface area contributed by atoms with Crippen LogP contribution in [0.1, 0.15) is 48.8 Å². The lowest BCUT2D eigenvalue weighted by molar-refractivity contribution is 0.728. The van der Waals surface area contributed by atoms with Crippen molar-refractivity contribution < 1.29 is 0 Å². The maximum absolute atomic E-state index is 4.49. The van der Waals surface area contributed by atoms with E-state index in [-0.39, 0.29) is 6.04 Å². The van der Waals surface area contributed by atoms with E-state index in [1.165, 1.54) is 28.9 Å². The highest BCUT2D eigenvalue weighted by atomic mass is 15.3. The van der Waals surface area contributed by atoms with Gasteiger partial charge >= 0.3 is 0 Å². The summed E-state index contributed by atoms with van der Waals surface area (Å²) >= 11 is 0. The molecule has 1 unspecified atom stereocenters. The van der Waals surface area contributed by atoms with Crippen LogP contribution in [0.4, 0.5) is 5.69 Å². The molecule has 0 aliphatic heterocycles. The number of nitrogens with one attached hydrogen (secondary N) is 1. The Morgan fingerprint density at radius 1 is 1.20 bits per heavy atom. The van der Waals surface area contributed by atoms with Crippen molar-refractivity contribution in [1.29, 1.82) is 0 Å². The van der Waals surface area contributed by atoms with E-state index in [2.05, 4.69) is 62.4 Å². The summed E-state index contributed by atoms with van der Waals surface area (Å²) in [5.41, 5.74) is 6.20. The van der Waals surface area contributed by atoms with E-state index in [9.17, 15) is 0 Å².